The highest BCUT2D eigenvalue weighted by atomic mass is 15.0. The van der Waals surface area contributed by atoms with Crippen molar-refractivity contribution in [3.63, 3.8) is 0 Å². The van der Waals surface area contributed by atoms with Gasteiger partial charge < -0.3 is 16.0 Å². The summed E-state index contributed by atoms with van der Waals surface area (Å²) >= 11 is 0. The second-order valence-corrected chi connectivity index (χ2v) is 3.08. The fourth-order valence-corrected chi connectivity index (χ4v) is 0.897. The predicted octanol–water partition coefficient (Wildman–Crippen LogP) is 0.977. The molecule has 0 bridgehead atoms. The molecule has 1 heterocycles. The van der Waals surface area contributed by atoms with Crippen molar-refractivity contribution < 1.29 is 0 Å². The molecule has 14 heavy (non-hydrogen) atoms. The van der Waals surface area contributed by atoms with E-state index in [0.29, 0.717) is 0 Å². The van der Waals surface area contributed by atoms with Crippen molar-refractivity contribution in [2.45, 2.75) is 32.7 Å². The van der Waals surface area contributed by atoms with Gasteiger partial charge in [0.15, 0.2) is 0 Å². The monoisotopic (exact) mass is 198 g/mol. The van der Waals surface area contributed by atoms with Gasteiger partial charge in [0.25, 0.3) is 0 Å². The van der Waals surface area contributed by atoms with E-state index in [1.54, 1.807) is 12.5 Å². The van der Waals surface area contributed by atoms with Crippen LogP contribution in [-0.2, 0) is 6.54 Å². The average molecular weight is 198 g/mol. The number of nitrogens with two attached hydrogens (primary N) is 2. The minimum atomic E-state index is 0.748. The Labute approximate surface area is 86.3 Å². The highest BCUT2D eigenvalue weighted by Crippen LogP contribution is 1.87. The average Bonchev–Trinajstić information content (AvgIpc) is 2.69. The number of aryl methyl sites for hydroxylation is 1. The van der Waals surface area contributed by atoms with E-state index in [9.17, 15) is 0 Å². The summed E-state index contributed by atoms with van der Waals surface area (Å²) < 4.78 is 2.02. The van der Waals surface area contributed by atoms with E-state index < -0.39 is 0 Å². The molecule has 1 aromatic rings. The third kappa shape index (κ3) is 7.76. The van der Waals surface area contributed by atoms with Crippen LogP contribution in [-0.4, -0.2) is 22.6 Å². The van der Waals surface area contributed by atoms with Crippen LogP contribution < -0.4 is 11.5 Å². The van der Waals surface area contributed by atoms with E-state index in [1.165, 1.54) is 12.8 Å². The lowest BCUT2D eigenvalue weighted by Crippen LogP contribution is -2.03. The van der Waals surface area contributed by atoms with Crippen LogP contribution in [0.25, 0.3) is 0 Å². The van der Waals surface area contributed by atoms with Crippen LogP contribution in [0.4, 0.5) is 0 Å². The van der Waals surface area contributed by atoms with Gasteiger partial charge in [0.05, 0.1) is 6.33 Å². The molecule has 0 saturated heterocycles. The maximum atomic E-state index is 5.31. The van der Waals surface area contributed by atoms with E-state index in [4.69, 9.17) is 11.5 Å². The first-order valence-corrected chi connectivity index (χ1v) is 5.21. The van der Waals surface area contributed by atoms with Crippen LogP contribution in [0.1, 0.15) is 26.2 Å². The van der Waals surface area contributed by atoms with Gasteiger partial charge >= 0.3 is 0 Å². The highest BCUT2D eigenvalue weighted by molar-refractivity contribution is 4.73. The molecule has 0 aliphatic rings. The zero-order chi connectivity index (χ0) is 10.6. The number of nitrogens with zero attached hydrogens (tertiary/aromatic N) is 2. The largest absolute Gasteiger partial charge is 0.337 e. The van der Waals surface area contributed by atoms with E-state index in [1.807, 2.05) is 10.8 Å². The Kier molecular flexibility index (Phi) is 9.58. The Morgan fingerprint density at radius 1 is 1.21 bits per heavy atom. The molecular weight excluding hydrogens is 176 g/mol. The summed E-state index contributed by atoms with van der Waals surface area (Å²) in [6, 6.07) is 0. The van der Waals surface area contributed by atoms with E-state index in [2.05, 4.69) is 11.9 Å². The Morgan fingerprint density at radius 2 is 1.93 bits per heavy atom. The van der Waals surface area contributed by atoms with Crippen LogP contribution in [0.3, 0.4) is 0 Å². The number of aromatic nitrogens is 2. The molecule has 0 spiro atoms. The van der Waals surface area contributed by atoms with Crippen LogP contribution in [0.2, 0.25) is 0 Å². The Morgan fingerprint density at radius 3 is 2.29 bits per heavy atom. The lowest BCUT2D eigenvalue weighted by Gasteiger charge is -1.96. The quantitative estimate of drug-likeness (QED) is 0.741. The number of rotatable bonds is 5. The predicted molar refractivity (Wildman–Crippen MR) is 59.9 cm³/mol. The molecule has 4 nitrogen and oxygen atoms in total. The molecule has 82 valence electrons. The Hall–Kier alpha value is -0.870. The second-order valence-electron chi connectivity index (χ2n) is 3.08. The SMILES string of the molecule is CCCCN.NCCCn1ccnc1. The molecule has 0 amide bonds. The van der Waals surface area contributed by atoms with Gasteiger partial charge in [0.2, 0.25) is 0 Å². The van der Waals surface area contributed by atoms with Crippen LogP contribution in [0.15, 0.2) is 18.7 Å². The van der Waals surface area contributed by atoms with E-state index in [0.717, 1.165) is 26.1 Å². The number of hydrogen-bond acceptors (Lipinski definition) is 3. The smallest absolute Gasteiger partial charge is 0.0945 e. The van der Waals surface area contributed by atoms with Gasteiger partial charge in [-0.3, -0.25) is 0 Å². The van der Waals surface area contributed by atoms with Crippen molar-refractivity contribution in [2.24, 2.45) is 11.5 Å². The molecule has 0 aromatic carbocycles. The number of hydrogen-bond donors (Lipinski definition) is 2. The van der Waals surface area contributed by atoms with Gasteiger partial charge in [-0.25, -0.2) is 4.98 Å². The van der Waals surface area contributed by atoms with E-state index in [-0.39, 0.29) is 0 Å². The summed E-state index contributed by atoms with van der Waals surface area (Å²) in [5.74, 6) is 0. The zero-order valence-corrected chi connectivity index (χ0v) is 9.02. The Bertz CT molecular complexity index is 182. The molecule has 4 N–H and O–H groups in total. The summed E-state index contributed by atoms with van der Waals surface area (Å²) in [4.78, 5) is 3.90. The molecule has 1 rings (SSSR count). The maximum Gasteiger partial charge on any atom is 0.0945 e. The maximum absolute atomic E-state index is 5.31. The summed E-state index contributed by atoms with van der Waals surface area (Å²) in [6.45, 7) is 4.71. The highest BCUT2D eigenvalue weighted by Gasteiger charge is 1.85. The van der Waals surface area contributed by atoms with Crippen molar-refractivity contribution in [3.05, 3.63) is 18.7 Å². The standard InChI is InChI=1S/C6H11N3.C4H11N/c7-2-1-4-9-5-3-8-6-9;1-2-3-4-5/h3,5-6H,1-2,4,7H2;2-5H2,1H3. The minimum Gasteiger partial charge on any atom is -0.337 e. The molecule has 0 aliphatic heterocycles. The second kappa shape index (κ2) is 10.2. The van der Waals surface area contributed by atoms with Crippen molar-refractivity contribution in [1.29, 1.82) is 0 Å². The minimum absolute atomic E-state index is 0.748. The van der Waals surface area contributed by atoms with Crippen LogP contribution in [0.5, 0.6) is 0 Å². The third-order valence-corrected chi connectivity index (χ3v) is 1.74. The first-order valence-electron chi connectivity index (χ1n) is 5.21. The summed E-state index contributed by atoms with van der Waals surface area (Å²) in [5, 5.41) is 0. The number of unbranched alkanes of at least 4 members (excludes halogenated alkanes) is 1. The first-order chi connectivity index (χ1) is 6.85. The van der Waals surface area contributed by atoms with Gasteiger partial charge in [-0.1, -0.05) is 13.3 Å². The lowest BCUT2D eigenvalue weighted by atomic mass is 10.3. The molecule has 0 aliphatic carbocycles. The van der Waals surface area contributed by atoms with E-state index >= 15 is 0 Å². The van der Waals surface area contributed by atoms with Gasteiger partial charge in [0.1, 0.15) is 0 Å². The van der Waals surface area contributed by atoms with Crippen LogP contribution >= 0.6 is 0 Å². The van der Waals surface area contributed by atoms with Crippen molar-refractivity contribution in [1.82, 2.24) is 9.55 Å². The summed E-state index contributed by atoms with van der Waals surface area (Å²) in [6.07, 6.45) is 8.93. The zero-order valence-electron chi connectivity index (χ0n) is 9.02. The third-order valence-electron chi connectivity index (χ3n) is 1.74. The van der Waals surface area contributed by atoms with Gasteiger partial charge in [-0.15, -0.1) is 0 Å². The molecule has 0 unspecified atom stereocenters. The van der Waals surface area contributed by atoms with Crippen LogP contribution in [0, 0.1) is 0 Å². The van der Waals surface area contributed by atoms with Gasteiger partial charge in [-0.05, 0) is 25.9 Å². The van der Waals surface area contributed by atoms with Crippen molar-refractivity contribution in [2.75, 3.05) is 13.1 Å². The molecule has 0 atom stereocenters. The normalized spacial score (nSPS) is 9.36. The Balaban J connectivity index is 0.000000292. The first kappa shape index (κ1) is 13.1. The summed E-state index contributed by atoms with van der Waals surface area (Å²) in [7, 11) is 0. The van der Waals surface area contributed by atoms with Gasteiger partial charge in [-0.2, -0.15) is 0 Å². The molecule has 0 fully saturated rings. The molecule has 0 radical (unpaired) electrons. The molecule has 1 aromatic heterocycles. The lowest BCUT2D eigenvalue weighted by molar-refractivity contribution is 0.650. The van der Waals surface area contributed by atoms with Crippen molar-refractivity contribution >= 4 is 0 Å². The molecular formula is C10H22N4. The van der Waals surface area contributed by atoms with Crippen molar-refractivity contribution in [3.8, 4) is 0 Å². The fourth-order valence-electron chi connectivity index (χ4n) is 0.897. The summed E-state index contributed by atoms with van der Waals surface area (Å²) in [5.41, 5.74) is 10.5. The van der Waals surface area contributed by atoms with Gasteiger partial charge in [0, 0.05) is 18.9 Å². The topological polar surface area (TPSA) is 69.9 Å². The number of imidazole rings is 1. The molecule has 0 saturated carbocycles. The molecule has 4 heteroatoms. The fraction of sp³-hybridized carbons (Fsp3) is 0.700.